The molecule has 0 aliphatic heterocycles. The molecule has 0 radical (unpaired) electrons. The minimum absolute atomic E-state index is 0.0974. The Balaban J connectivity index is 1.93. The second-order valence-corrected chi connectivity index (χ2v) is 4.06. The molecule has 0 atom stereocenters. The molecule has 0 saturated heterocycles. The summed E-state index contributed by atoms with van der Waals surface area (Å²) in [4.78, 5) is 4.13. The lowest BCUT2D eigenvalue weighted by Gasteiger charge is -2.03. The van der Waals surface area contributed by atoms with Crippen LogP contribution < -0.4 is 5.32 Å². The Morgan fingerprint density at radius 1 is 1.20 bits per heavy atom. The first-order chi connectivity index (χ1) is 7.38. The van der Waals surface area contributed by atoms with Gasteiger partial charge in [-0.1, -0.05) is 24.3 Å². The van der Waals surface area contributed by atoms with Crippen LogP contribution in [-0.4, -0.2) is 10.1 Å². The summed E-state index contributed by atoms with van der Waals surface area (Å²) in [7, 11) is 0. The molecule has 0 unspecified atom stereocenters. The molecule has 15 heavy (non-hydrogen) atoms. The second kappa shape index (κ2) is 4.91. The van der Waals surface area contributed by atoms with Crippen LogP contribution in [0.3, 0.4) is 0 Å². The largest absolute Gasteiger partial charge is 0.392 e. The SMILES string of the molecule is OCc1ccc(CNc2nccs2)cc1. The van der Waals surface area contributed by atoms with Crippen molar-refractivity contribution in [1.82, 2.24) is 4.98 Å². The minimum Gasteiger partial charge on any atom is -0.392 e. The quantitative estimate of drug-likeness (QED) is 0.830. The van der Waals surface area contributed by atoms with E-state index in [1.165, 1.54) is 5.56 Å². The average molecular weight is 220 g/mol. The number of rotatable bonds is 4. The van der Waals surface area contributed by atoms with Gasteiger partial charge in [-0.3, -0.25) is 0 Å². The molecule has 0 aliphatic rings. The fourth-order valence-corrected chi connectivity index (χ4v) is 1.78. The fourth-order valence-electron chi connectivity index (χ4n) is 1.25. The van der Waals surface area contributed by atoms with E-state index in [0.29, 0.717) is 0 Å². The van der Waals surface area contributed by atoms with Crippen molar-refractivity contribution in [1.29, 1.82) is 0 Å². The molecule has 0 amide bonds. The van der Waals surface area contributed by atoms with Crippen LogP contribution in [-0.2, 0) is 13.2 Å². The molecule has 2 rings (SSSR count). The van der Waals surface area contributed by atoms with Crippen molar-refractivity contribution in [3.63, 3.8) is 0 Å². The first-order valence-corrected chi connectivity index (χ1v) is 5.58. The van der Waals surface area contributed by atoms with Crippen molar-refractivity contribution in [2.24, 2.45) is 0 Å². The molecule has 0 fully saturated rings. The van der Waals surface area contributed by atoms with Crippen LogP contribution in [0.2, 0.25) is 0 Å². The summed E-state index contributed by atoms with van der Waals surface area (Å²) in [6.45, 7) is 0.861. The molecule has 0 saturated carbocycles. The number of aliphatic hydroxyl groups is 1. The highest BCUT2D eigenvalue weighted by Gasteiger charge is 1.96. The normalized spacial score (nSPS) is 10.2. The van der Waals surface area contributed by atoms with Gasteiger partial charge >= 0.3 is 0 Å². The zero-order chi connectivity index (χ0) is 10.5. The molecule has 78 valence electrons. The maximum Gasteiger partial charge on any atom is 0.182 e. The van der Waals surface area contributed by atoms with Gasteiger partial charge in [-0.15, -0.1) is 11.3 Å². The summed E-state index contributed by atoms with van der Waals surface area (Å²) in [5, 5.41) is 15.0. The number of nitrogens with one attached hydrogen (secondary N) is 1. The van der Waals surface area contributed by atoms with Gasteiger partial charge in [-0.25, -0.2) is 4.98 Å². The van der Waals surface area contributed by atoms with Crippen molar-refractivity contribution in [3.05, 3.63) is 47.0 Å². The number of aromatic nitrogens is 1. The minimum atomic E-state index is 0.0974. The molecule has 0 aliphatic carbocycles. The molecule has 0 bridgehead atoms. The molecule has 2 aromatic rings. The van der Waals surface area contributed by atoms with E-state index in [-0.39, 0.29) is 6.61 Å². The first-order valence-electron chi connectivity index (χ1n) is 4.70. The van der Waals surface area contributed by atoms with E-state index in [0.717, 1.165) is 17.2 Å². The summed E-state index contributed by atoms with van der Waals surface area (Å²) in [6, 6.07) is 7.87. The Morgan fingerprint density at radius 3 is 2.53 bits per heavy atom. The monoisotopic (exact) mass is 220 g/mol. The highest BCUT2D eigenvalue weighted by atomic mass is 32.1. The van der Waals surface area contributed by atoms with Crippen LogP contribution in [0.25, 0.3) is 0 Å². The zero-order valence-corrected chi connectivity index (χ0v) is 9.00. The summed E-state index contributed by atoms with van der Waals surface area (Å²) in [5.74, 6) is 0. The van der Waals surface area contributed by atoms with Crippen LogP contribution >= 0.6 is 11.3 Å². The van der Waals surface area contributed by atoms with Crippen LogP contribution in [0, 0.1) is 0 Å². The van der Waals surface area contributed by atoms with Gasteiger partial charge in [-0.2, -0.15) is 0 Å². The zero-order valence-electron chi connectivity index (χ0n) is 8.18. The summed E-state index contributed by atoms with van der Waals surface area (Å²) < 4.78 is 0. The highest BCUT2D eigenvalue weighted by Crippen LogP contribution is 2.12. The van der Waals surface area contributed by atoms with Gasteiger partial charge in [-0.05, 0) is 11.1 Å². The Labute approximate surface area is 92.4 Å². The molecule has 1 aromatic heterocycles. The van der Waals surface area contributed by atoms with Crippen molar-refractivity contribution in [2.45, 2.75) is 13.2 Å². The van der Waals surface area contributed by atoms with Crippen molar-refractivity contribution >= 4 is 16.5 Å². The Kier molecular flexibility index (Phi) is 3.32. The third-order valence-electron chi connectivity index (χ3n) is 2.08. The molecule has 3 nitrogen and oxygen atoms in total. The number of hydrogen-bond donors (Lipinski definition) is 2. The number of benzene rings is 1. The van der Waals surface area contributed by atoms with Crippen molar-refractivity contribution in [3.8, 4) is 0 Å². The number of nitrogens with zero attached hydrogens (tertiary/aromatic N) is 1. The lowest BCUT2D eigenvalue weighted by molar-refractivity contribution is 0.282. The number of aliphatic hydroxyl groups excluding tert-OH is 1. The van der Waals surface area contributed by atoms with Crippen LogP contribution in [0.1, 0.15) is 11.1 Å². The van der Waals surface area contributed by atoms with E-state index < -0.39 is 0 Å². The van der Waals surface area contributed by atoms with E-state index >= 15 is 0 Å². The van der Waals surface area contributed by atoms with Gasteiger partial charge in [0.2, 0.25) is 0 Å². The molecular weight excluding hydrogens is 208 g/mol. The summed E-state index contributed by atoms with van der Waals surface area (Å²) >= 11 is 1.59. The average Bonchev–Trinajstić information content (AvgIpc) is 2.80. The third kappa shape index (κ3) is 2.78. The smallest absolute Gasteiger partial charge is 0.182 e. The predicted octanol–water partition coefficient (Wildman–Crippen LogP) is 2.25. The van der Waals surface area contributed by atoms with Gasteiger partial charge < -0.3 is 10.4 Å². The van der Waals surface area contributed by atoms with E-state index in [9.17, 15) is 0 Å². The number of thiazole rings is 1. The van der Waals surface area contributed by atoms with E-state index in [1.807, 2.05) is 29.6 Å². The molecular formula is C11H12N2OS. The van der Waals surface area contributed by atoms with Gasteiger partial charge in [0.25, 0.3) is 0 Å². The van der Waals surface area contributed by atoms with Crippen LogP contribution in [0.4, 0.5) is 5.13 Å². The summed E-state index contributed by atoms with van der Waals surface area (Å²) in [6.07, 6.45) is 1.78. The third-order valence-corrected chi connectivity index (χ3v) is 2.81. The van der Waals surface area contributed by atoms with Crippen molar-refractivity contribution in [2.75, 3.05) is 5.32 Å². The molecule has 0 spiro atoms. The van der Waals surface area contributed by atoms with E-state index in [4.69, 9.17) is 5.11 Å². The molecule has 2 N–H and O–H groups in total. The maximum atomic E-state index is 8.88. The predicted molar refractivity (Wildman–Crippen MR) is 61.8 cm³/mol. The number of hydrogen-bond acceptors (Lipinski definition) is 4. The van der Waals surface area contributed by atoms with Crippen LogP contribution in [0.15, 0.2) is 35.8 Å². The Bertz CT molecular complexity index is 397. The lowest BCUT2D eigenvalue weighted by Crippen LogP contribution is -1.98. The summed E-state index contributed by atoms with van der Waals surface area (Å²) in [5.41, 5.74) is 2.12. The van der Waals surface area contributed by atoms with Crippen molar-refractivity contribution < 1.29 is 5.11 Å². The molecule has 4 heteroatoms. The van der Waals surface area contributed by atoms with Gasteiger partial charge in [0.1, 0.15) is 0 Å². The molecule has 1 heterocycles. The van der Waals surface area contributed by atoms with E-state index in [2.05, 4.69) is 10.3 Å². The topological polar surface area (TPSA) is 45.1 Å². The first kappa shape index (κ1) is 10.1. The lowest BCUT2D eigenvalue weighted by atomic mass is 10.1. The molecule has 1 aromatic carbocycles. The Hall–Kier alpha value is -1.39. The van der Waals surface area contributed by atoms with E-state index in [1.54, 1.807) is 17.5 Å². The number of anilines is 1. The van der Waals surface area contributed by atoms with Gasteiger partial charge in [0.15, 0.2) is 5.13 Å². The van der Waals surface area contributed by atoms with Crippen LogP contribution in [0.5, 0.6) is 0 Å². The maximum absolute atomic E-state index is 8.88. The van der Waals surface area contributed by atoms with Gasteiger partial charge in [0.05, 0.1) is 6.61 Å². The highest BCUT2D eigenvalue weighted by molar-refractivity contribution is 7.13. The second-order valence-electron chi connectivity index (χ2n) is 3.17. The Morgan fingerprint density at radius 2 is 1.93 bits per heavy atom. The fraction of sp³-hybridized carbons (Fsp3) is 0.182. The standard InChI is InChI=1S/C11H12N2OS/c14-8-10-3-1-9(2-4-10)7-13-11-12-5-6-15-11/h1-6,14H,7-8H2,(H,12,13). The van der Waals surface area contributed by atoms with Gasteiger partial charge in [0, 0.05) is 18.1 Å².